The Labute approximate surface area is 224 Å². The molecule has 1 saturated carbocycles. The van der Waals surface area contributed by atoms with Gasteiger partial charge in [0.05, 0.1) is 0 Å². The molecule has 0 N–H and O–H groups in total. The second kappa shape index (κ2) is 25.9. The van der Waals surface area contributed by atoms with Crippen molar-refractivity contribution in [1.82, 2.24) is 0 Å². The number of rotatable bonds is 6. The highest BCUT2D eigenvalue weighted by atomic mass is 16.7. The van der Waals surface area contributed by atoms with Gasteiger partial charge in [0.15, 0.2) is 23.6 Å². The van der Waals surface area contributed by atoms with Gasteiger partial charge in [-0.3, -0.25) is 9.59 Å². The molecule has 1 aliphatic carbocycles. The number of carbonyl (C=O) groups is 3. The molecule has 1 fully saturated rings. The van der Waals surface area contributed by atoms with Crippen molar-refractivity contribution >= 4 is 18.4 Å². The van der Waals surface area contributed by atoms with E-state index in [0.29, 0.717) is 17.1 Å². The maximum atomic E-state index is 10.9. The van der Waals surface area contributed by atoms with Crippen molar-refractivity contribution in [2.45, 2.75) is 87.0 Å². The first-order valence-corrected chi connectivity index (χ1v) is 13.6. The molecule has 2 aromatic rings. The average Bonchev–Trinajstić information content (AvgIpc) is 3.45. The molecular weight excluding hydrogens is 468 g/mol. The van der Waals surface area contributed by atoms with Crippen LogP contribution >= 0.6 is 0 Å². The Kier molecular flexibility index (Phi) is 25.2. The van der Waals surface area contributed by atoms with E-state index in [-0.39, 0.29) is 19.2 Å². The van der Waals surface area contributed by atoms with Crippen LogP contribution in [0.15, 0.2) is 48.5 Å². The lowest BCUT2D eigenvalue weighted by molar-refractivity contribution is -0.110. The zero-order valence-corrected chi connectivity index (χ0v) is 24.0. The summed E-state index contributed by atoms with van der Waals surface area (Å²) in [5.41, 5.74) is 0.652. The third kappa shape index (κ3) is 17.0. The van der Waals surface area contributed by atoms with Crippen molar-refractivity contribution in [3.63, 3.8) is 0 Å². The summed E-state index contributed by atoms with van der Waals surface area (Å²) in [4.78, 5) is 30.9. The smallest absolute Gasteiger partial charge is 0.231 e. The number of ether oxygens (including phenoxy) is 3. The summed E-state index contributed by atoms with van der Waals surface area (Å²) in [5.74, 6) is 2.86. The number of hydrogen-bond acceptors (Lipinski definition) is 6. The van der Waals surface area contributed by atoms with E-state index in [9.17, 15) is 14.4 Å². The molecule has 37 heavy (non-hydrogen) atoms. The van der Waals surface area contributed by atoms with Gasteiger partial charge in [-0.1, -0.05) is 91.8 Å². The van der Waals surface area contributed by atoms with Crippen molar-refractivity contribution in [3.05, 3.63) is 54.1 Å². The standard InChI is InChI=1S/C9H8O3.C8H8O2.C8H14O.3C2H6/c1-6(10)7-2-3-8-9(4-7)12-5-11-8;9-6-7-10-8-4-2-1-3-5-8;9-7-6-8-4-2-1-3-5-8;3*1-2/h2-4H,5H2,1H3;1-6H,7H2;7-8H,1-6H2;3*1-2H3. The lowest BCUT2D eigenvalue weighted by atomic mass is 9.87. The number of ketones is 1. The molecule has 1 heterocycles. The van der Waals surface area contributed by atoms with Crippen molar-refractivity contribution < 1.29 is 28.6 Å². The van der Waals surface area contributed by atoms with Gasteiger partial charge in [-0.15, -0.1) is 0 Å². The van der Waals surface area contributed by atoms with E-state index >= 15 is 0 Å². The highest BCUT2D eigenvalue weighted by molar-refractivity contribution is 5.94. The fourth-order valence-electron chi connectivity index (χ4n) is 3.32. The van der Waals surface area contributed by atoms with Crippen molar-refractivity contribution in [2.75, 3.05) is 13.4 Å². The minimum atomic E-state index is 0.0355. The van der Waals surface area contributed by atoms with E-state index in [1.807, 2.05) is 71.9 Å². The highest BCUT2D eigenvalue weighted by Gasteiger charge is 2.14. The van der Waals surface area contributed by atoms with Gasteiger partial charge in [0.25, 0.3) is 0 Å². The highest BCUT2D eigenvalue weighted by Crippen LogP contribution is 2.32. The molecule has 0 spiro atoms. The molecule has 6 nitrogen and oxygen atoms in total. The topological polar surface area (TPSA) is 78.9 Å². The third-order valence-electron chi connectivity index (χ3n) is 4.99. The lowest BCUT2D eigenvalue weighted by Crippen LogP contribution is -2.05. The van der Waals surface area contributed by atoms with Crippen LogP contribution in [0.3, 0.4) is 0 Å². The van der Waals surface area contributed by atoms with Gasteiger partial charge in [-0.25, -0.2) is 0 Å². The van der Waals surface area contributed by atoms with E-state index in [0.717, 1.165) is 30.7 Å². The Bertz CT molecular complexity index is 814. The fraction of sp³-hybridized carbons (Fsp3) is 0.516. The first-order valence-electron chi connectivity index (χ1n) is 13.6. The number of aldehydes is 2. The van der Waals surface area contributed by atoms with Gasteiger partial charge >= 0.3 is 0 Å². The van der Waals surface area contributed by atoms with Gasteiger partial charge < -0.3 is 19.0 Å². The maximum Gasteiger partial charge on any atom is 0.231 e. The largest absolute Gasteiger partial charge is 0.486 e. The maximum absolute atomic E-state index is 10.9. The Balaban J connectivity index is 0. The molecular formula is C31H48O6. The van der Waals surface area contributed by atoms with Crippen LogP contribution in [0, 0.1) is 5.92 Å². The summed E-state index contributed by atoms with van der Waals surface area (Å²) >= 11 is 0. The third-order valence-corrected chi connectivity index (χ3v) is 4.99. The number of benzene rings is 2. The lowest BCUT2D eigenvalue weighted by Gasteiger charge is -2.18. The van der Waals surface area contributed by atoms with E-state index in [1.165, 1.54) is 39.0 Å². The molecule has 0 unspecified atom stereocenters. The van der Waals surface area contributed by atoms with E-state index < -0.39 is 0 Å². The van der Waals surface area contributed by atoms with Crippen LogP contribution in [0.25, 0.3) is 0 Å². The molecule has 2 aromatic carbocycles. The molecule has 0 aromatic heterocycles. The van der Waals surface area contributed by atoms with Crippen molar-refractivity contribution in [3.8, 4) is 17.2 Å². The van der Waals surface area contributed by atoms with Crippen LogP contribution < -0.4 is 14.2 Å². The zero-order chi connectivity index (χ0) is 28.3. The summed E-state index contributed by atoms with van der Waals surface area (Å²) in [5, 5.41) is 0. The van der Waals surface area contributed by atoms with Gasteiger partial charge in [0, 0.05) is 12.0 Å². The van der Waals surface area contributed by atoms with Crippen LogP contribution in [0.4, 0.5) is 0 Å². The molecule has 6 heteroatoms. The molecule has 0 radical (unpaired) electrons. The zero-order valence-electron chi connectivity index (χ0n) is 24.0. The van der Waals surface area contributed by atoms with Gasteiger partial charge in [-0.05, 0) is 43.2 Å². The molecule has 0 atom stereocenters. The predicted octanol–water partition coefficient (Wildman–Crippen LogP) is 8.12. The molecule has 2 aliphatic rings. The number of para-hydroxylation sites is 1. The summed E-state index contributed by atoms with van der Waals surface area (Å²) in [6.07, 6.45) is 9.26. The quantitative estimate of drug-likeness (QED) is 0.285. The van der Waals surface area contributed by atoms with Crippen molar-refractivity contribution in [1.29, 1.82) is 0 Å². The van der Waals surface area contributed by atoms with Crippen LogP contribution in [-0.4, -0.2) is 31.8 Å². The average molecular weight is 517 g/mol. The first kappa shape index (κ1) is 36.0. The predicted molar refractivity (Wildman–Crippen MR) is 152 cm³/mol. The summed E-state index contributed by atoms with van der Waals surface area (Å²) < 4.78 is 15.2. The number of Topliss-reactive ketones (excluding diaryl/α,β-unsaturated/α-hetero) is 1. The second-order valence-electron chi connectivity index (χ2n) is 7.32. The SMILES string of the molecule is CC.CC.CC.CC(=O)c1ccc2c(c1)OCO2.O=CCC1CCCCC1.O=CCOc1ccccc1. The Hall–Kier alpha value is -3.15. The molecule has 4 rings (SSSR count). The fourth-order valence-corrected chi connectivity index (χ4v) is 3.32. The molecule has 0 amide bonds. The Morgan fingerprint density at radius 1 is 0.838 bits per heavy atom. The summed E-state index contributed by atoms with van der Waals surface area (Å²) in [7, 11) is 0. The summed E-state index contributed by atoms with van der Waals surface area (Å²) in [6, 6.07) is 14.4. The number of carbonyl (C=O) groups excluding carboxylic acids is 3. The molecule has 0 saturated heterocycles. The van der Waals surface area contributed by atoms with Gasteiger partial charge in [-0.2, -0.15) is 0 Å². The van der Waals surface area contributed by atoms with Crippen molar-refractivity contribution in [2.24, 2.45) is 5.92 Å². The minimum Gasteiger partial charge on any atom is -0.486 e. The van der Waals surface area contributed by atoms with E-state index in [2.05, 4.69) is 0 Å². The monoisotopic (exact) mass is 516 g/mol. The molecule has 0 bridgehead atoms. The number of fused-ring (bicyclic) bond motifs is 1. The first-order chi connectivity index (χ1) is 18.1. The van der Waals surface area contributed by atoms with Crippen LogP contribution in [0.5, 0.6) is 17.2 Å². The Morgan fingerprint density at radius 2 is 1.43 bits per heavy atom. The van der Waals surface area contributed by atoms with Gasteiger partial charge in [0.2, 0.25) is 6.79 Å². The molecule has 1 aliphatic heterocycles. The normalized spacial score (nSPS) is 12.4. The van der Waals surface area contributed by atoms with Crippen LogP contribution in [0.1, 0.15) is 97.3 Å². The van der Waals surface area contributed by atoms with Gasteiger partial charge in [0.1, 0.15) is 18.6 Å². The molecule has 208 valence electrons. The summed E-state index contributed by atoms with van der Waals surface area (Å²) in [6.45, 7) is 13.9. The van der Waals surface area contributed by atoms with Crippen LogP contribution in [0.2, 0.25) is 0 Å². The van der Waals surface area contributed by atoms with E-state index in [1.54, 1.807) is 18.2 Å². The minimum absolute atomic E-state index is 0.0355. The van der Waals surface area contributed by atoms with E-state index in [4.69, 9.17) is 14.2 Å². The van der Waals surface area contributed by atoms with Crippen LogP contribution in [-0.2, 0) is 9.59 Å². The Morgan fingerprint density at radius 3 is 1.97 bits per heavy atom. The number of hydrogen-bond donors (Lipinski definition) is 0. The second-order valence-corrected chi connectivity index (χ2v) is 7.32.